The van der Waals surface area contributed by atoms with E-state index in [0.717, 1.165) is 42.1 Å². The van der Waals surface area contributed by atoms with Crippen LogP contribution in [0.4, 0.5) is 11.4 Å². The molecule has 1 aliphatic rings. The average molecular weight is 417 g/mol. The van der Waals surface area contributed by atoms with Gasteiger partial charge in [-0.15, -0.1) is 11.8 Å². The van der Waals surface area contributed by atoms with Gasteiger partial charge >= 0.3 is 0 Å². The molecule has 0 atom stereocenters. The van der Waals surface area contributed by atoms with Crippen LogP contribution in [0, 0.1) is 0 Å². The molecular weight excluding hydrogens is 392 g/mol. The molecule has 30 heavy (non-hydrogen) atoms. The number of hydrogen-bond acceptors (Lipinski definition) is 3. The van der Waals surface area contributed by atoms with Crippen molar-refractivity contribution >= 4 is 35.0 Å². The molecule has 0 spiro atoms. The standard InChI is InChI=1S/C25H24N2O2S/c28-24(26-22-9-2-1-3-10-22)18-30-17-19-12-14-21(15-13-19)25(29)27-16-6-8-20-7-4-5-11-23(20)27/h1-5,7,9-15H,6,8,16-18H2,(H,26,28). The number of thioether (sulfide) groups is 1. The van der Waals surface area contributed by atoms with Crippen LogP contribution in [-0.2, 0) is 17.0 Å². The smallest absolute Gasteiger partial charge is 0.258 e. The number of benzene rings is 3. The van der Waals surface area contributed by atoms with Gasteiger partial charge in [-0.05, 0) is 54.3 Å². The third-order valence-electron chi connectivity index (χ3n) is 5.12. The molecule has 0 saturated carbocycles. The molecule has 3 aromatic carbocycles. The van der Waals surface area contributed by atoms with E-state index in [1.807, 2.05) is 77.7 Å². The molecule has 0 bridgehead atoms. The van der Waals surface area contributed by atoms with E-state index in [4.69, 9.17) is 0 Å². The van der Waals surface area contributed by atoms with Crippen LogP contribution in [-0.4, -0.2) is 24.1 Å². The van der Waals surface area contributed by atoms with Crippen LogP contribution in [0.2, 0.25) is 0 Å². The summed E-state index contributed by atoms with van der Waals surface area (Å²) < 4.78 is 0. The van der Waals surface area contributed by atoms with Crippen molar-refractivity contribution < 1.29 is 9.59 Å². The zero-order chi connectivity index (χ0) is 20.8. The Balaban J connectivity index is 1.31. The summed E-state index contributed by atoms with van der Waals surface area (Å²) in [6.07, 6.45) is 2.01. The topological polar surface area (TPSA) is 49.4 Å². The van der Waals surface area contributed by atoms with Gasteiger partial charge in [-0.25, -0.2) is 0 Å². The Morgan fingerprint density at radius 3 is 2.43 bits per heavy atom. The van der Waals surface area contributed by atoms with Gasteiger partial charge in [0.25, 0.3) is 5.91 Å². The highest BCUT2D eigenvalue weighted by Crippen LogP contribution is 2.28. The number of nitrogens with one attached hydrogen (secondary N) is 1. The van der Waals surface area contributed by atoms with Crippen molar-refractivity contribution in [2.75, 3.05) is 22.5 Å². The molecule has 3 aromatic rings. The van der Waals surface area contributed by atoms with Gasteiger partial charge in [-0.1, -0.05) is 48.5 Å². The van der Waals surface area contributed by atoms with E-state index in [1.54, 1.807) is 11.8 Å². The van der Waals surface area contributed by atoms with Gasteiger partial charge in [0.1, 0.15) is 0 Å². The second-order valence-electron chi connectivity index (χ2n) is 7.29. The first-order chi connectivity index (χ1) is 14.7. The first-order valence-corrected chi connectivity index (χ1v) is 11.3. The predicted octanol–water partition coefficient (Wildman–Crippen LogP) is 5.15. The maximum absolute atomic E-state index is 13.0. The molecule has 1 aliphatic heterocycles. The third kappa shape index (κ3) is 4.92. The number of fused-ring (bicyclic) bond motifs is 1. The lowest BCUT2D eigenvalue weighted by Gasteiger charge is -2.29. The largest absolute Gasteiger partial charge is 0.325 e. The van der Waals surface area contributed by atoms with Gasteiger partial charge in [0.05, 0.1) is 5.75 Å². The number of para-hydroxylation sites is 2. The number of carbonyl (C=O) groups is 2. The highest BCUT2D eigenvalue weighted by Gasteiger charge is 2.23. The molecular formula is C25H24N2O2S. The van der Waals surface area contributed by atoms with Crippen LogP contribution >= 0.6 is 11.8 Å². The number of anilines is 2. The Morgan fingerprint density at radius 2 is 1.63 bits per heavy atom. The van der Waals surface area contributed by atoms with Gasteiger partial charge < -0.3 is 10.2 Å². The summed E-state index contributed by atoms with van der Waals surface area (Å²) in [6, 6.07) is 25.3. The van der Waals surface area contributed by atoms with E-state index in [9.17, 15) is 9.59 Å². The number of nitrogens with zero attached hydrogens (tertiary/aromatic N) is 1. The molecule has 0 fully saturated rings. The second-order valence-corrected chi connectivity index (χ2v) is 8.28. The molecule has 0 saturated heterocycles. The minimum absolute atomic E-state index is 0.0123. The van der Waals surface area contributed by atoms with Gasteiger partial charge in [0, 0.05) is 29.2 Å². The molecule has 0 radical (unpaired) electrons. The van der Waals surface area contributed by atoms with Crippen molar-refractivity contribution in [1.82, 2.24) is 0 Å². The number of amides is 2. The molecule has 5 heteroatoms. The summed E-state index contributed by atoms with van der Waals surface area (Å²) >= 11 is 1.56. The molecule has 0 aromatic heterocycles. The fourth-order valence-electron chi connectivity index (χ4n) is 3.62. The lowest BCUT2D eigenvalue weighted by Crippen LogP contribution is -2.35. The summed E-state index contributed by atoms with van der Waals surface area (Å²) in [6.45, 7) is 0.754. The molecule has 4 rings (SSSR count). The monoisotopic (exact) mass is 416 g/mol. The van der Waals surface area contributed by atoms with Crippen LogP contribution in [0.25, 0.3) is 0 Å². The minimum Gasteiger partial charge on any atom is -0.325 e. The quantitative estimate of drug-likeness (QED) is 0.604. The van der Waals surface area contributed by atoms with Gasteiger partial charge in [0.2, 0.25) is 5.91 Å². The van der Waals surface area contributed by atoms with E-state index in [-0.39, 0.29) is 11.8 Å². The fraction of sp³-hybridized carbons (Fsp3) is 0.200. The van der Waals surface area contributed by atoms with Gasteiger partial charge in [-0.3, -0.25) is 9.59 Å². The van der Waals surface area contributed by atoms with Crippen LogP contribution < -0.4 is 10.2 Å². The third-order valence-corrected chi connectivity index (χ3v) is 6.12. The number of carbonyl (C=O) groups excluding carboxylic acids is 2. The van der Waals surface area contributed by atoms with Crippen molar-refractivity contribution in [3.05, 3.63) is 95.6 Å². The summed E-state index contributed by atoms with van der Waals surface area (Å²) in [5.41, 5.74) is 4.87. The molecule has 0 aliphatic carbocycles. The highest BCUT2D eigenvalue weighted by molar-refractivity contribution is 7.99. The maximum Gasteiger partial charge on any atom is 0.258 e. The van der Waals surface area contributed by atoms with Crippen LogP contribution in [0.1, 0.15) is 27.9 Å². The molecule has 4 nitrogen and oxygen atoms in total. The van der Waals surface area contributed by atoms with Crippen molar-refractivity contribution in [2.45, 2.75) is 18.6 Å². The van der Waals surface area contributed by atoms with Crippen molar-refractivity contribution in [3.8, 4) is 0 Å². The van der Waals surface area contributed by atoms with Crippen LogP contribution in [0.5, 0.6) is 0 Å². The Bertz CT molecular complexity index is 1020. The first kappa shape index (κ1) is 20.2. The first-order valence-electron chi connectivity index (χ1n) is 10.1. The second kappa shape index (κ2) is 9.63. The lowest BCUT2D eigenvalue weighted by molar-refractivity contribution is -0.113. The average Bonchev–Trinajstić information content (AvgIpc) is 2.79. The summed E-state index contributed by atoms with van der Waals surface area (Å²) in [4.78, 5) is 26.9. The predicted molar refractivity (Wildman–Crippen MR) is 124 cm³/mol. The summed E-state index contributed by atoms with van der Waals surface area (Å²) in [5, 5.41) is 2.89. The molecule has 2 amide bonds. The van der Waals surface area contributed by atoms with Crippen molar-refractivity contribution in [3.63, 3.8) is 0 Å². The maximum atomic E-state index is 13.0. The Hall–Kier alpha value is -3.05. The zero-order valence-electron chi connectivity index (χ0n) is 16.7. The number of aryl methyl sites for hydroxylation is 1. The van der Waals surface area contributed by atoms with E-state index in [1.165, 1.54) is 5.56 Å². The number of hydrogen-bond donors (Lipinski definition) is 1. The summed E-state index contributed by atoms with van der Waals surface area (Å²) in [7, 11) is 0. The van der Waals surface area contributed by atoms with Crippen molar-refractivity contribution in [2.24, 2.45) is 0 Å². The fourth-order valence-corrected chi connectivity index (χ4v) is 4.41. The van der Waals surface area contributed by atoms with E-state index in [2.05, 4.69) is 11.4 Å². The Labute approximate surface area is 181 Å². The SMILES string of the molecule is O=C(CSCc1ccc(C(=O)N2CCCc3ccccc32)cc1)Nc1ccccc1. The van der Waals surface area contributed by atoms with E-state index < -0.39 is 0 Å². The van der Waals surface area contributed by atoms with Gasteiger partial charge in [0.15, 0.2) is 0 Å². The highest BCUT2D eigenvalue weighted by atomic mass is 32.2. The normalized spacial score (nSPS) is 12.9. The van der Waals surface area contributed by atoms with E-state index in [0.29, 0.717) is 11.3 Å². The number of rotatable bonds is 6. The molecule has 1 N–H and O–H groups in total. The Morgan fingerprint density at radius 1 is 0.900 bits per heavy atom. The Kier molecular flexibility index (Phi) is 6.50. The molecule has 0 unspecified atom stereocenters. The summed E-state index contributed by atoms with van der Waals surface area (Å²) in [5.74, 6) is 1.15. The van der Waals surface area contributed by atoms with Crippen LogP contribution in [0.3, 0.4) is 0 Å². The molecule has 152 valence electrons. The van der Waals surface area contributed by atoms with Gasteiger partial charge in [-0.2, -0.15) is 0 Å². The minimum atomic E-state index is -0.0123. The molecule has 1 heterocycles. The van der Waals surface area contributed by atoms with Crippen LogP contribution in [0.15, 0.2) is 78.9 Å². The lowest BCUT2D eigenvalue weighted by atomic mass is 10.0. The van der Waals surface area contributed by atoms with Crippen molar-refractivity contribution in [1.29, 1.82) is 0 Å². The van der Waals surface area contributed by atoms with E-state index >= 15 is 0 Å². The zero-order valence-corrected chi connectivity index (χ0v) is 17.5.